The first kappa shape index (κ1) is 10.5. The van der Waals surface area contributed by atoms with Gasteiger partial charge in [-0.3, -0.25) is 19.8 Å². The summed E-state index contributed by atoms with van der Waals surface area (Å²) in [6.45, 7) is 1.96. The molecule has 0 atom stereocenters. The number of nitrogens with one attached hydrogen (secondary N) is 2. The van der Waals surface area contributed by atoms with Crippen LogP contribution in [0.3, 0.4) is 0 Å². The lowest BCUT2D eigenvalue weighted by Crippen LogP contribution is -2.20. The van der Waals surface area contributed by atoms with E-state index in [4.69, 9.17) is 0 Å². The van der Waals surface area contributed by atoms with Crippen molar-refractivity contribution in [1.29, 1.82) is 0 Å². The summed E-state index contributed by atoms with van der Waals surface area (Å²) in [7, 11) is 0. The lowest BCUT2D eigenvalue weighted by atomic mass is 10.2. The molecule has 90 valence electrons. The number of hydrogen-bond donors (Lipinski definition) is 2. The molecule has 7 nitrogen and oxygen atoms in total. The molecule has 0 aliphatic carbocycles. The van der Waals surface area contributed by atoms with E-state index in [1.165, 1.54) is 4.68 Å². The monoisotopic (exact) mass is 243 g/mol. The van der Waals surface area contributed by atoms with Crippen LogP contribution in [0.1, 0.15) is 5.56 Å². The lowest BCUT2D eigenvalue weighted by molar-refractivity contribution is 0.820. The fourth-order valence-corrected chi connectivity index (χ4v) is 1.74. The molecule has 7 heteroatoms. The standard InChI is InChI=1S/C11H9N5O2/c1-6-2-4-7(5-3-6)16-9-8(12-15-16)10(17)13-14-11(9)18/h2-5H,1H3,(H,13,17)(H,14,18). The first-order valence-electron chi connectivity index (χ1n) is 5.30. The Kier molecular flexibility index (Phi) is 2.12. The van der Waals surface area contributed by atoms with Crippen LogP contribution in [-0.2, 0) is 0 Å². The molecule has 18 heavy (non-hydrogen) atoms. The van der Waals surface area contributed by atoms with Crippen molar-refractivity contribution in [3.05, 3.63) is 50.5 Å². The number of aromatic amines is 2. The highest BCUT2D eigenvalue weighted by molar-refractivity contribution is 5.73. The SMILES string of the molecule is Cc1ccc(-n2nnc3c(=O)[nH][nH]c(=O)c32)cc1. The molecule has 0 radical (unpaired) electrons. The second-order valence-corrected chi connectivity index (χ2v) is 3.94. The average molecular weight is 243 g/mol. The minimum Gasteiger partial charge on any atom is -0.266 e. The molecular formula is C11H9N5O2. The van der Waals surface area contributed by atoms with Crippen LogP contribution in [0.2, 0.25) is 0 Å². The minimum atomic E-state index is -0.469. The van der Waals surface area contributed by atoms with E-state index in [0.717, 1.165) is 5.56 Å². The van der Waals surface area contributed by atoms with E-state index in [-0.39, 0.29) is 11.0 Å². The van der Waals surface area contributed by atoms with Gasteiger partial charge in [0.1, 0.15) is 0 Å². The number of nitrogens with zero attached hydrogens (tertiary/aromatic N) is 3. The van der Waals surface area contributed by atoms with E-state index in [2.05, 4.69) is 20.5 Å². The third-order valence-electron chi connectivity index (χ3n) is 2.67. The van der Waals surface area contributed by atoms with Gasteiger partial charge in [-0.15, -0.1) is 5.10 Å². The van der Waals surface area contributed by atoms with E-state index in [1.54, 1.807) is 0 Å². The van der Waals surface area contributed by atoms with Crippen LogP contribution in [0.25, 0.3) is 16.7 Å². The van der Waals surface area contributed by atoms with Gasteiger partial charge in [0.15, 0.2) is 11.0 Å². The molecule has 0 bridgehead atoms. The Bertz CT molecular complexity index is 825. The molecule has 2 aromatic heterocycles. The van der Waals surface area contributed by atoms with Gasteiger partial charge in [-0.2, -0.15) is 0 Å². The summed E-state index contributed by atoms with van der Waals surface area (Å²) in [6, 6.07) is 7.41. The Morgan fingerprint density at radius 1 is 1.06 bits per heavy atom. The summed E-state index contributed by atoms with van der Waals surface area (Å²) in [5.74, 6) is 0. The summed E-state index contributed by atoms with van der Waals surface area (Å²) in [5, 5.41) is 12.0. The Hall–Kier alpha value is -2.70. The molecule has 3 aromatic rings. The van der Waals surface area contributed by atoms with Gasteiger partial charge in [0, 0.05) is 0 Å². The Morgan fingerprint density at radius 3 is 2.44 bits per heavy atom. The van der Waals surface area contributed by atoms with Crippen LogP contribution in [0.15, 0.2) is 33.9 Å². The fraction of sp³-hybridized carbons (Fsp3) is 0.0909. The van der Waals surface area contributed by atoms with Gasteiger partial charge >= 0.3 is 0 Å². The summed E-state index contributed by atoms with van der Waals surface area (Å²) in [6.07, 6.45) is 0. The van der Waals surface area contributed by atoms with Gasteiger partial charge in [-0.1, -0.05) is 22.9 Å². The summed E-state index contributed by atoms with van der Waals surface area (Å²) < 4.78 is 1.35. The topological polar surface area (TPSA) is 96.4 Å². The molecular weight excluding hydrogens is 234 g/mol. The Labute approximate surface area is 100 Å². The van der Waals surface area contributed by atoms with E-state index in [9.17, 15) is 9.59 Å². The van der Waals surface area contributed by atoms with Crippen molar-refractivity contribution in [2.45, 2.75) is 6.92 Å². The molecule has 1 aromatic carbocycles. The van der Waals surface area contributed by atoms with Gasteiger partial charge in [-0.25, -0.2) is 4.68 Å². The van der Waals surface area contributed by atoms with E-state index < -0.39 is 11.1 Å². The number of rotatable bonds is 1. The number of aryl methyl sites for hydroxylation is 1. The third kappa shape index (κ3) is 1.45. The Morgan fingerprint density at radius 2 is 1.72 bits per heavy atom. The highest BCUT2D eigenvalue weighted by Gasteiger charge is 2.12. The summed E-state index contributed by atoms with van der Waals surface area (Å²) in [4.78, 5) is 23.2. The highest BCUT2D eigenvalue weighted by atomic mass is 16.1. The van der Waals surface area contributed by atoms with Gasteiger partial charge < -0.3 is 0 Å². The predicted molar refractivity (Wildman–Crippen MR) is 64.8 cm³/mol. The molecule has 0 spiro atoms. The summed E-state index contributed by atoms with van der Waals surface area (Å²) >= 11 is 0. The van der Waals surface area contributed by atoms with Crippen LogP contribution in [0.5, 0.6) is 0 Å². The molecule has 0 amide bonds. The van der Waals surface area contributed by atoms with Crippen molar-refractivity contribution >= 4 is 11.0 Å². The van der Waals surface area contributed by atoms with Gasteiger partial charge in [-0.05, 0) is 19.1 Å². The first-order chi connectivity index (χ1) is 8.66. The number of fused-ring (bicyclic) bond motifs is 1. The molecule has 3 rings (SSSR count). The molecule has 0 aliphatic heterocycles. The van der Waals surface area contributed by atoms with Crippen molar-refractivity contribution in [1.82, 2.24) is 25.2 Å². The maximum atomic E-state index is 11.7. The second kappa shape index (κ2) is 3.66. The van der Waals surface area contributed by atoms with Crippen molar-refractivity contribution in [3.63, 3.8) is 0 Å². The molecule has 0 aliphatic rings. The second-order valence-electron chi connectivity index (χ2n) is 3.94. The maximum absolute atomic E-state index is 11.7. The number of aromatic nitrogens is 5. The number of hydrogen-bond acceptors (Lipinski definition) is 4. The van der Waals surface area contributed by atoms with E-state index in [1.807, 2.05) is 31.2 Å². The zero-order chi connectivity index (χ0) is 12.7. The van der Waals surface area contributed by atoms with E-state index in [0.29, 0.717) is 5.69 Å². The van der Waals surface area contributed by atoms with Gasteiger partial charge in [0.05, 0.1) is 5.69 Å². The zero-order valence-corrected chi connectivity index (χ0v) is 9.47. The number of benzene rings is 1. The quantitative estimate of drug-likeness (QED) is 0.633. The van der Waals surface area contributed by atoms with Crippen LogP contribution < -0.4 is 11.1 Å². The van der Waals surface area contributed by atoms with Crippen LogP contribution in [-0.4, -0.2) is 25.2 Å². The number of H-pyrrole nitrogens is 2. The van der Waals surface area contributed by atoms with Crippen molar-refractivity contribution < 1.29 is 0 Å². The molecule has 0 fully saturated rings. The minimum absolute atomic E-state index is 0.0272. The highest BCUT2D eigenvalue weighted by Crippen LogP contribution is 2.11. The molecule has 2 N–H and O–H groups in total. The lowest BCUT2D eigenvalue weighted by Gasteiger charge is -2.01. The summed E-state index contributed by atoms with van der Waals surface area (Å²) in [5.41, 5.74) is 1.04. The molecule has 2 heterocycles. The van der Waals surface area contributed by atoms with Gasteiger partial charge in [0.25, 0.3) is 11.1 Å². The molecule has 0 unspecified atom stereocenters. The van der Waals surface area contributed by atoms with Crippen molar-refractivity contribution in [2.75, 3.05) is 0 Å². The van der Waals surface area contributed by atoms with Crippen molar-refractivity contribution in [3.8, 4) is 5.69 Å². The average Bonchev–Trinajstić information content (AvgIpc) is 2.81. The maximum Gasteiger partial charge on any atom is 0.292 e. The fourth-order valence-electron chi connectivity index (χ4n) is 1.74. The predicted octanol–water partition coefficient (Wildman–Crippen LogP) is 0.106. The normalized spacial score (nSPS) is 10.9. The largest absolute Gasteiger partial charge is 0.292 e. The third-order valence-corrected chi connectivity index (χ3v) is 2.67. The zero-order valence-electron chi connectivity index (χ0n) is 9.47. The smallest absolute Gasteiger partial charge is 0.266 e. The molecule has 0 saturated heterocycles. The van der Waals surface area contributed by atoms with Crippen LogP contribution in [0.4, 0.5) is 0 Å². The van der Waals surface area contributed by atoms with Gasteiger partial charge in [0.2, 0.25) is 0 Å². The van der Waals surface area contributed by atoms with Crippen LogP contribution >= 0.6 is 0 Å². The molecule has 0 saturated carbocycles. The van der Waals surface area contributed by atoms with E-state index >= 15 is 0 Å². The van der Waals surface area contributed by atoms with Crippen LogP contribution in [0, 0.1) is 6.92 Å². The van der Waals surface area contributed by atoms with Crippen molar-refractivity contribution in [2.24, 2.45) is 0 Å². The first-order valence-corrected chi connectivity index (χ1v) is 5.30. The Balaban J connectivity index is 2.37.